The van der Waals surface area contributed by atoms with Crippen molar-refractivity contribution in [1.82, 2.24) is 9.55 Å². The van der Waals surface area contributed by atoms with Gasteiger partial charge in [-0.1, -0.05) is 20.8 Å². The van der Waals surface area contributed by atoms with Crippen LogP contribution in [0.4, 0.5) is 4.39 Å². The lowest BCUT2D eigenvalue weighted by Gasteiger charge is -2.41. The smallest absolute Gasteiger partial charge is 0.330 e. The average molecular weight is 372 g/mol. The van der Waals surface area contributed by atoms with Gasteiger partial charge in [0.1, 0.15) is 12.2 Å². The van der Waals surface area contributed by atoms with Crippen LogP contribution in [0.1, 0.15) is 33.9 Å². The molecule has 25 heavy (non-hydrogen) atoms. The van der Waals surface area contributed by atoms with Crippen molar-refractivity contribution in [3.8, 4) is 0 Å². The lowest BCUT2D eigenvalue weighted by molar-refractivity contribution is -0.122. The van der Waals surface area contributed by atoms with Crippen molar-refractivity contribution in [1.29, 1.82) is 0 Å². The molecule has 0 bridgehead atoms. The number of aromatic nitrogens is 2. The van der Waals surface area contributed by atoms with Crippen molar-refractivity contribution in [2.24, 2.45) is 0 Å². The molecule has 0 aromatic carbocycles. The molecule has 0 spiro atoms. The third-order valence-corrected chi connectivity index (χ3v) is 9.54. The van der Waals surface area contributed by atoms with E-state index in [1.807, 2.05) is 33.9 Å². The number of halogens is 1. The van der Waals surface area contributed by atoms with Crippen molar-refractivity contribution in [3.63, 3.8) is 0 Å². The largest absolute Gasteiger partial charge is 0.407 e. The minimum atomic E-state index is -2.39. The highest BCUT2D eigenvalue weighted by atomic mass is 28.4. The van der Waals surface area contributed by atoms with Gasteiger partial charge in [0.15, 0.2) is 26.5 Å². The van der Waals surface area contributed by atoms with Gasteiger partial charge in [0.05, 0.1) is 0 Å². The van der Waals surface area contributed by atoms with E-state index in [-0.39, 0.29) is 5.04 Å². The van der Waals surface area contributed by atoms with Gasteiger partial charge in [-0.25, -0.2) is 9.18 Å². The molecule has 140 valence electrons. The van der Waals surface area contributed by atoms with Crippen LogP contribution < -0.4 is 11.2 Å². The topological polar surface area (TPSA) is 90.4 Å². The second-order valence-corrected chi connectivity index (χ2v) is 12.8. The summed E-state index contributed by atoms with van der Waals surface area (Å²) in [5.41, 5.74) is -3.54. The van der Waals surface area contributed by atoms with E-state index in [2.05, 4.69) is 4.98 Å². The molecule has 0 aliphatic carbocycles. The fraction of sp³-hybridized carbons (Fsp3) is 0.688. The molecule has 1 saturated heterocycles. The van der Waals surface area contributed by atoms with Crippen LogP contribution in [-0.4, -0.2) is 42.0 Å². The molecular weight excluding hydrogens is 347 g/mol. The minimum Gasteiger partial charge on any atom is -0.407 e. The summed E-state index contributed by atoms with van der Waals surface area (Å²) in [5.74, 6) is 0. The number of aldehydes is 1. The Morgan fingerprint density at radius 3 is 2.48 bits per heavy atom. The zero-order valence-corrected chi connectivity index (χ0v) is 16.3. The van der Waals surface area contributed by atoms with Gasteiger partial charge in [0, 0.05) is 12.3 Å². The van der Waals surface area contributed by atoms with Crippen LogP contribution in [0.2, 0.25) is 18.1 Å². The molecule has 0 unspecified atom stereocenters. The fourth-order valence-electron chi connectivity index (χ4n) is 2.54. The summed E-state index contributed by atoms with van der Waals surface area (Å²) in [6, 6.07) is 1.10. The van der Waals surface area contributed by atoms with Crippen molar-refractivity contribution >= 4 is 14.6 Å². The lowest BCUT2D eigenvalue weighted by atomic mass is 9.99. The zero-order chi connectivity index (χ0) is 19.2. The fourth-order valence-corrected chi connectivity index (χ4v) is 3.90. The first-order valence-corrected chi connectivity index (χ1v) is 11.0. The maximum atomic E-state index is 15.6. The summed E-state index contributed by atoms with van der Waals surface area (Å²) in [7, 11) is -2.39. The number of hydrogen-bond acceptors (Lipinski definition) is 5. The van der Waals surface area contributed by atoms with E-state index in [4.69, 9.17) is 9.16 Å². The Balaban J connectivity index is 2.44. The highest BCUT2D eigenvalue weighted by Gasteiger charge is 2.59. The molecule has 0 saturated carbocycles. The van der Waals surface area contributed by atoms with Crippen molar-refractivity contribution in [2.45, 2.75) is 69.9 Å². The predicted octanol–water partition coefficient (Wildman–Crippen LogP) is 1.75. The standard InChI is InChI=1S/C16H25FN2O5Si/c1-15(2,3)25(5,6)24-12-10(9-20)23-13(16(12,4)17)19-8-7-11(21)18-14(19)22/h7-10,12-13H,1-6H3,(H,18,21,22)/t10-,12-,13-,16-/m1/s1. The summed E-state index contributed by atoms with van der Waals surface area (Å²) in [5, 5.41) is -0.191. The molecule has 2 heterocycles. The highest BCUT2D eigenvalue weighted by Crippen LogP contribution is 2.46. The third-order valence-electron chi connectivity index (χ3n) is 5.09. The van der Waals surface area contributed by atoms with Crippen LogP contribution in [0, 0.1) is 0 Å². The van der Waals surface area contributed by atoms with Crippen LogP contribution in [0.15, 0.2) is 21.9 Å². The van der Waals surface area contributed by atoms with Gasteiger partial charge >= 0.3 is 5.69 Å². The zero-order valence-electron chi connectivity index (χ0n) is 15.3. The van der Waals surface area contributed by atoms with E-state index in [1.54, 1.807) is 0 Å². The van der Waals surface area contributed by atoms with E-state index >= 15 is 4.39 Å². The van der Waals surface area contributed by atoms with E-state index < -0.39 is 43.7 Å². The first kappa shape index (κ1) is 19.7. The van der Waals surface area contributed by atoms with Crippen LogP contribution in [0.3, 0.4) is 0 Å². The van der Waals surface area contributed by atoms with Crippen LogP contribution in [0.5, 0.6) is 0 Å². The molecular formula is C16H25FN2O5Si. The van der Waals surface area contributed by atoms with Gasteiger partial charge in [-0.3, -0.25) is 14.3 Å². The monoisotopic (exact) mass is 372 g/mol. The number of nitrogens with zero attached hydrogens (tertiary/aromatic N) is 1. The first-order valence-electron chi connectivity index (χ1n) is 8.10. The van der Waals surface area contributed by atoms with Gasteiger partial charge in [-0.15, -0.1) is 0 Å². The Kier molecular flexibility index (Phi) is 4.97. The molecule has 0 amide bonds. The molecule has 9 heteroatoms. The van der Waals surface area contributed by atoms with Gasteiger partial charge in [-0.2, -0.15) is 0 Å². The summed E-state index contributed by atoms with van der Waals surface area (Å²) in [6.07, 6.45) is -2.02. The second kappa shape index (κ2) is 6.29. The van der Waals surface area contributed by atoms with Gasteiger partial charge in [-0.05, 0) is 25.1 Å². The molecule has 2 rings (SSSR count). The Morgan fingerprint density at radius 1 is 1.40 bits per heavy atom. The van der Waals surface area contributed by atoms with Gasteiger partial charge in [0.25, 0.3) is 5.56 Å². The minimum absolute atomic E-state index is 0.191. The van der Waals surface area contributed by atoms with E-state index in [9.17, 15) is 14.4 Å². The first-order chi connectivity index (χ1) is 11.3. The van der Waals surface area contributed by atoms with E-state index in [0.717, 1.165) is 16.8 Å². The van der Waals surface area contributed by atoms with Gasteiger partial charge in [0.2, 0.25) is 0 Å². The summed E-state index contributed by atoms with van der Waals surface area (Å²) < 4.78 is 28.2. The normalized spacial score (nSPS) is 30.4. The summed E-state index contributed by atoms with van der Waals surface area (Å²) in [6.45, 7) is 11.2. The summed E-state index contributed by atoms with van der Waals surface area (Å²) in [4.78, 5) is 36.7. The number of H-pyrrole nitrogens is 1. The molecule has 1 aromatic heterocycles. The van der Waals surface area contributed by atoms with Crippen molar-refractivity contribution in [2.75, 3.05) is 0 Å². The molecule has 1 aromatic rings. The Bertz CT molecular complexity index is 765. The SMILES string of the molecule is CC(C)(C)[Si](C)(C)O[C@@H]1[C@@H](C=O)O[C@@H](n2ccc(=O)[nH]c2=O)[C@]1(C)F. The quantitative estimate of drug-likeness (QED) is 0.642. The molecule has 4 atom stereocenters. The van der Waals surface area contributed by atoms with Gasteiger partial charge < -0.3 is 14.0 Å². The maximum absolute atomic E-state index is 15.6. The Labute approximate surface area is 146 Å². The number of nitrogens with one attached hydrogen (secondary N) is 1. The number of aromatic amines is 1. The number of hydrogen-bond donors (Lipinski definition) is 1. The number of ether oxygens (including phenoxy) is 1. The third kappa shape index (κ3) is 3.53. The molecule has 1 fully saturated rings. The Morgan fingerprint density at radius 2 is 2.00 bits per heavy atom. The average Bonchev–Trinajstić information content (AvgIpc) is 2.69. The Hall–Kier alpha value is -1.58. The molecule has 1 aliphatic heterocycles. The highest BCUT2D eigenvalue weighted by molar-refractivity contribution is 6.74. The summed E-state index contributed by atoms with van der Waals surface area (Å²) >= 11 is 0. The van der Waals surface area contributed by atoms with E-state index in [1.165, 1.54) is 6.92 Å². The number of carbonyl (C=O) groups is 1. The van der Waals surface area contributed by atoms with Crippen LogP contribution in [-0.2, 0) is 14.0 Å². The van der Waals surface area contributed by atoms with Crippen molar-refractivity contribution in [3.05, 3.63) is 33.1 Å². The number of alkyl halides is 1. The van der Waals surface area contributed by atoms with Crippen molar-refractivity contribution < 1.29 is 18.3 Å². The molecule has 7 nitrogen and oxygen atoms in total. The van der Waals surface area contributed by atoms with Crippen LogP contribution in [0.25, 0.3) is 0 Å². The van der Waals surface area contributed by atoms with Crippen LogP contribution >= 0.6 is 0 Å². The molecule has 1 aliphatic rings. The second-order valence-electron chi connectivity index (χ2n) is 8.06. The maximum Gasteiger partial charge on any atom is 0.330 e. The molecule has 0 radical (unpaired) electrons. The molecule has 1 N–H and O–H groups in total. The lowest BCUT2D eigenvalue weighted by Crippen LogP contribution is -2.52. The number of carbonyl (C=O) groups excluding carboxylic acids is 1. The predicted molar refractivity (Wildman–Crippen MR) is 92.9 cm³/mol. The number of rotatable bonds is 4. The van der Waals surface area contributed by atoms with E-state index in [0.29, 0.717) is 6.29 Å².